The Morgan fingerprint density at radius 2 is 1.52 bits per heavy atom. The van der Waals surface area contributed by atoms with Crippen molar-refractivity contribution in [3.8, 4) is 0 Å². The minimum atomic E-state index is -0.572. The van der Waals surface area contributed by atoms with Crippen LogP contribution in [0.3, 0.4) is 0 Å². The lowest BCUT2D eigenvalue weighted by Gasteiger charge is -2.36. The molecule has 1 N–H and O–H groups in total. The van der Waals surface area contributed by atoms with Crippen molar-refractivity contribution in [3.05, 3.63) is 35.9 Å². The third-order valence-corrected chi connectivity index (χ3v) is 4.95. The van der Waals surface area contributed by atoms with Crippen LogP contribution in [0.5, 0.6) is 0 Å². The maximum absolute atomic E-state index is 13.0. The lowest BCUT2D eigenvalue weighted by Crippen LogP contribution is -2.55. The first-order chi connectivity index (χ1) is 11.9. The predicted molar refractivity (Wildman–Crippen MR) is 93.8 cm³/mol. The fourth-order valence-electron chi connectivity index (χ4n) is 3.39. The van der Waals surface area contributed by atoms with Crippen LogP contribution in [-0.4, -0.2) is 59.7 Å². The number of hydrogen-bond donors (Lipinski definition) is 1. The van der Waals surface area contributed by atoms with Crippen molar-refractivity contribution in [2.24, 2.45) is 0 Å². The summed E-state index contributed by atoms with van der Waals surface area (Å²) in [5.74, 6) is -0.930. The van der Waals surface area contributed by atoms with E-state index in [1.54, 1.807) is 0 Å². The molecule has 3 rings (SSSR count). The highest BCUT2D eigenvalue weighted by molar-refractivity contribution is 6.35. The molecule has 1 saturated carbocycles. The molecule has 6 nitrogen and oxygen atoms in total. The Morgan fingerprint density at radius 3 is 2.04 bits per heavy atom. The lowest BCUT2D eigenvalue weighted by molar-refractivity contribution is -0.149. The van der Waals surface area contributed by atoms with Gasteiger partial charge in [0, 0.05) is 32.2 Å². The molecule has 1 aromatic carbocycles. The Hall–Kier alpha value is -2.37. The van der Waals surface area contributed by atoms with Crippen molar-refractivity contribution in [2.75, 3.05) is 26.2 Å². The van der Waals surface area contributed by atoms with Gasteiger partial charge >= 0.3 is 11.8 Å². The van der Waals surface area contributed by atoms with E-state index in [0.717, 1.165) is 18.4 Å². The molecule has 1 aliphatic heterocycles. The van der Waals surface area contributed by atoms with Crippen LogP contribution < -0.4 is 5.32 Å². The van der Waals surface area contributed by atoms with E-state index in [1.807, 2.05) is 49.1 Å². The summed E-state index contributed by atoms with van der Waals surface area (Å²) < 4.78 is 0. The van der Waals surface area contributed by atoms with Crippen molar-refractivity contribution < 1.29 is 14.4 Å². The fourth-order valence-corrected chi connectivity index (χ4v) is 3.39. The van der Waals surface area contributed by atoms with E-state index in [1.165, 1.54) is 4.90 Å². The monoisotopic (exact) mass is 343 g/mol. The summed E-state index contributed by atoms with van der Waals surface area (Å²) in [6.07, 6.45) is 1.76. The number of piperazine rings is 1. The Labute approximate surface area is 148 Å². The van der Waals surface area contributed by atoms with Gasteiger partial charge in [-0.05, 0) is 32.3 Å². The van der Waals surface area contributed by atoms with Crippen molar-refractivity contribution in [1.82, 2.24) is 15.1 Å². The Balaban J connectivity index is 1.59. The summed E-state index contributed by atoms with van der Waals surface area (Å²) in [7, 11) is 0. The Bertz CT molecular complexity index is 660. The zero-order valence-corrected chi connectivity index (χ0v) is 14.8. The van der Waals surface area contributed by atoms with Crippen LogP contribution in [-0.2, 0) is 19.8 Å². The van der Waals surface area contributed by atoms with Crippen LogP contribution in [0, 0.1) is 0 Å². The van der Waals surface area contributed by atoms with E-state index >= 15 is 0 Å². The number of benzene rings is 1. The van der Waals surface area contributed by atoms with E-state index in [0.29, 0.717) is 26.2 Å². The van der Waals surface area contributed by atoms with Crippen molar-refractivity contribution in [3.63, 3.8) is 0 Å². The number of rotatable bonds is 3. The molecule has 0 unspecified atom stereocenters. The van der Waals surface area contributed by atoms with Crippen LogP contribution in [0.4, 0.5) is 0 Å². The highest BCUT2D eigenvalue weighted by Crippen LogP contribution is 2.49. The third kappa shape index (κ3) is 3.52. The fraction of sp³-hybridized carbons (Fsp3) is 0.526. The first-order valence-corrected chi connectivity index (χ1v) is 8.89. The van der Waals surface area contributed by atoms with E-state index in [4.69, 9.17) is 0 Å². The molecule has 0 atom stereocenters. The van der Waals surface area contributed by atoms with E-state index in [9.17, 15) is 14.4 Å². The van der Waals surface area contributed by atoms with Crippen molar-refractivity contribution in [1.29, 1.82) is 0 Å². The van der Waals surface area contributed by atoms with Gasteiger partial charge in [0.05, 0.1) is 5.41 Å². The van der Waals surface area contributed by atoms with Gasteiger partial charge in [-0.3, -0.25) is 14.4 Å². The molecule has 1 aromatic rings. The zero-order valence-electron chi connectivity index (χ0n) is 14.8. The summed E-state index contributed by atoms with van der Waals surface area (Å²) in [5, 5.41) is 2.62. The molecule has 2 fully saturated rings. The summed E-state index contributed by atoms with van der Waals surface area (Å²) in [5.41, 5.74) is 0.706. The normalized spacial score (nSPS) is 18.8. The van der Waals surface area contributed by atoms with Crippen LogP contribution in [0.1, 0.15) is 32.3 Å². The number of nitrogens with zero attached hydrogens (tertiary/aromatic N) is 2. The Morgan fingerprint density at radius 1 is 0.960 bits per heavy atom. The van der Waals surface area contributed by atoms with E-state index < -0.39 is 11.8 Å². The minimum Gasteiger partial charge on any atom is -0.346 e. The first-order valence-electron chi connectivity index (χ1n) is 8.89. The van der Waals surface area contributed by atoms with Gasteiger partial charge in [-0.2, -0.15) is 0 Å². The zero-order chi connectivity index (χ0) is 18.0. The van der Waals surface area contributed by atoms with Crippen LogP contribution in [0.2, 0.25) is 0 Å². The van der Waals surface area contributed by atoms with Crippen LogP contribution in [0.25, 0.3) is 0 Å². The van der Waals surface area contributed by atoms with Gasteiger partial charge in [0.1, 0.15) is 0 Å². The second-order valence-corrected chi connectivity index (χ2v) is 7.16. The maximum Gasteiger partial charge on any atom is 0.312 e. The molecule has 3 amide bonds. The van der Waals surface area contributed by atoms with Gasteiger partial charge in [-0.25, -0.2) is 0 Å². The van der Waals surface area contributed by atoms with Gasteiger partial charge in [0.25, 0.3) is 0 Å². The number of hydrogen-bond acceptors (Lipinski definition) is 3. The highest BCUT2D eigenvalue weighted by atomic mass is 16.2. The topological polar surface area (TPSA) is 69.7 Å². The summed E-state index contributed by atoms with van der Waals surface area (Å²) >= 11 is 0. The third-order valence-electron chi connectivity index (χ3n) is 4.95. The predicted octanol–water partition coefficient (Wildman–Crippen LogP) is 0.914. The quantitative estimate of drug-likeness (QED) is 0.830. The molecule has 6 heteroatoms. The number of nitrogens with one attached hydrogen (secondary N) is 1. The summed E-state index contributed by atoms with van der Waals surface area (Å²) in [6, 6.07) is 9.84. The smallest absolute Gasteiger partial charge is 0.312 e. The largest absolute Gasteiger partial charge is 0.346 e. The van der Waals surface area contributed by atoms with Crippen molar-refractivity contribution in [2.45, 2.75) is 38.1 Å². The highest BCUT2D eigenvalue weighted by Gasteiger charge is 2.53. The number of carbonyl (C=O) groups excluding carboxylic acids is 3. The number of carbonyl (C=O) groups is 3. The molecular weight excluding hydrogens is 318 g/mol. The molecule has 0 spiro atoms. The minimum absolute atomic E-state index is 0.0695. The maximum atomic E-state index is 13.0. The molecule has 2 aliphatic rings. The van der Waals surface area contributed by atoms with E-state index in [-0.39, 0.29) is 17.4 Å². The molecule has 0 aromatic heterocycles. The first kappa shape index (κ1) is 17.5. The van der Waals surface area contributed by atoms with Gasteiger partial charge < -0.3 is 15.1 Å². The SMILES string of the molecule is CC(C)NC(=O)C(=O)N1CCN(C(=O)C2(c3ccccc3)CC2)CC1. The van der Waals surface area contributed by atoms with Gasteiger partial charge in [0.15, 0.2) is 0 Å². The standard InChI is InChI=1S/C19H25N3O3/c1-14(2)20-16(23)17(24)21-10-12-22(13-11-21)18(25)19(8-9-19)15-6-4-3-5-7-15/h3-7,14H,8-13H2,1-2H3,(H,20,23). The molecule has 0 bridgehead atoms. The van der Waals surface area contributed by atoms with Gasteiger partial charge in [0.2, 0.25) is 5.91 Å². The van der Waals surface area contributed by atoms with Crippen LogP contribution >= 0.6 is 0 Å². The van der Waals surface area contributed by atoms with Crippen LogP contribution in [0.15, 0.2) is 30.3 Å². The molecule has 1 heterocycles. The molecular formula is C19H25N3O3. The average Bonchev–Trinajstić information content (AvgIpc) is 3.43. The Kier molecular flexibility index (Phi) is 4.79. The van der Waals surface area contributed by atoms with Crippen molar-refractivity contribution >= 4 is 17.7 Å². The average molecular weight is 343 g/mol. The van der Waals surface area contributed by atoms with Gasteiger partial charge in [-0.1, -0.05) is 30.3 Å². The van der Waals surface area contributed by atoms with E-state index in [2.05, 4.69) is 5.32 Å². The summed E-state index contributed by atoms with van der Waals surface area (Å²) in [4.78, 5) is 40.3. The molecule has 25 heavy (non-hydrogen) atoms. The number of amides is 3. The van der Waals surface area contributed by atoms with Gasteiger partial charge in [-0.15, -0.1) is 0 Å². The molecule has 1 aliphatic carbocycles. The molecule has 1 saturated heterocycles. The second kappa shape index (κ2) is 6.86. The summed E-state index contributed by atoms with van der Waals surface area (Å²) in [6.45, 7) is 5.41. The molecule has 134 valence electrons. The second-order valence-electron chi connectivity index (χ2n) is 7.16. The lowest BCUT2D eigenvalue weighted by atomic mass is 9.94. The molecule has 0 radical (unpaired) electrons.